The summed E-state index contributed by atoms with van der Waals surface area (Å²) in [5, 5.41) is 9.89. The van der Waals surface area contributed by atoms with Crippen molar-refractivity contribution in [3.05, 3.63) is 11.6 Å². The highest BCUT2D eigenvalue weighted by Gasteiger charge is 2.61. The van der Waals surface area contributed by atoms with Gasteiger partial charge in [-0.2, -0.15) is 0 Å². The molecule has 0 heterocycles. The number of fused-ring (bicyclic) bond motifs is 5. The Kier molecular flexibility index (Phi) is 5.82. The Hall–Kier alpha value is -0.630. The molecule has 2 heteroatoms. The molecule has 164 valence electrons. The van der Waals surface area contributed by atoms with Crippen molar-refractivity contribution in [1.82, 2.24) is 0 Å². The average Bonchev–Trinajstić information content (AvgIpc) is 3.13. The number of allylic oxidation sites excluding steroid dienone is 2. The van der Waals surface area contributed by atoms with Crippen molar-refractivity contribution in [2.24, 2.45) is 52.3 Å². The summed E-state index contributed by atoms with van der Waals surface area (Å²) in [6.45, 7) is 12.3. The number of hydrogen-bond donors (Lipinski definition) is 1. The van der Waals surface area contributed by atoms with Crippen molar-refractivity contribution in [3.8, 4) is 0 Å². The van der Waals surface area contributed by atoms with Crippen LogP contribution in [0.3, 0.4) is 0 Å². The second kappa shape index (κ2) is 7.81. The summed E-state index contributed by atoms with van der Waals surface area (Å²) in [5.41, 5.74) is 2.02. The zero-order chi connectivity index (χ0) is 21.0. The summed E-state index contributed by atoms with van der Waals surface area (Å²) >= 11 is 0. The lowest BCUT2D eigenvalue weighted by atomic mass is 9.48. The Balaban J connectivity index is 1.53. The molecule has 2 nitrogen and oxygen atoms in total. The Morgan fingerprint density at radius 1 is 1.03 bits per heavy atom. The second-order valence-electron chi connectivity index (χ2n) is 12.1. The minimum atomic E-state index is 0.105. The van der Waals surface area contributed by atoms with Crippen LogP contribution in [0.1, 0.15) is 92.4 Å². The van der Waals surface area contributed by atoms with E-state index in [2.05, 4.69) is 40.7 Å². The van der Waals surface area contributed by atoms with Crippen LogP contribution in [-0.4, -0.2) is 17.5 Å². The molecule has 0 bridgehead atoms. The Morgan fingerprint density at radius 2 is 1.79 bits per heavy atom. The zero-order valence-corrected chi connectivity index (χ0v) is 19.5. The van der Waals surface area contributed by atoms with Gasteiger partial charge in [0.05, 0.1) is 0 Å². The maximum absolute atomic E-state index is 13.3. The first-order chi connectivity index (χ1) is 13.7. The minimum absolute atomic E-state index is 0.105. The summed E-state index contributed by atoms with van der Waals surface area (Å²) < 4.78 is 0. The molecule has 8 unspecified atom stereocenters. The van der Waals surface area contributed by atoms with E-state index in [-0.39, 0.29) is 11.3 Å². The van der Waals surface area contributed by atoms with Gasteiger partial charge < -0.3 is 5.11 Å². The van der Waals surface area contributed by atoms with Gasteiger partial charge in [-0.05, 0) is 97.4 Å². The highest BCUT2D eigenvalue weighted by molar-refractivity contribution is 5.97. The van der Waals surface area contributed by atoms with Crippen molar-refractivity contribution >= 4 is 5.78 Å². The Morgan fingerprint density at radius 3 is 2.48 bits per heavy atom. The molecule has 0 aromatic heterocycles. The van der Waals surface area contributed by atoms with Gasteiger partial charge in [-0.1, -0.05) is 53.0 Å². The lowest BCUT2D eigenvalue weighted by Gasteiger charge is -2.56. The molecule has 0 radical (unpaired) electrons. The fraction of sp³-hybridized carbons (Fsp3) is 0.889. The molecule has 4 rings (SSSR count). The van der Waals surface area contributed by atoms with E-state index < -0.39 is 0 Å². The number of hydrogen-bond acceptors (Lipinski definition) is 2. The van der Waals surface area contributed by atoms with Crippen LogP contribution in [-0.2, 0) is 4.79 Å². The third kappa shape index (κ3) is 3.36. The van der Waals surface area contributed by atoms with E-state index in [4.69, 9.17) is 0 Å². The summed E-state index contributed by atoms with van der Waals surface area (Å²) in [6, 6.07) is 0. The van der Waals surface area contributed by atoms with Gasteiger partial charge in [0.15, 0.2) is 5.78 Å². The van der Waals surface area contributed by atoms with Crippen LogP contribution in [0.4, 0.5) is 0 Å². The van der Waals surface area contributed by atoms with Crippen LogP contribution < -0.4 is 0 Å². The number of aliphatic hydroxyl groups excluding tert-OH is 1. The standard InChI is InChI=1S/C27H44O2/c1-17(2)7-6-8-18(3)25-24(29)15-23-20-9-10-21-19(16-28)11-13-26(21,4)22(20)12-14-27(23,25)5/h15,17-22,25,28H,6-14,16H2,1-5H3. The fourth-order valence-corrected chi connectivity index (χ4v) is 8.70. The zero-order valence-electron chi connectivity index (χ0n) is 19.5. The van der Waals surface area contributed by atoms with Gasteiger partial charge in [0, 0.05) is 12.5 Å². The quantitative estimate of drug-likeness (QED) is 0.558. The second-order valence-corrected chi connectivity index (χ2v) is 12.1. The van der Waals surface area contributed by atoms with Gasteiger partial charge >= 0.3 is 0 Å². The molecule has 0 spiro atoms. The first kappa shape index (κ1) is 21.6. The molecule has 4 aliphatic carbocycles. The maximum atomic E-state index is 13.3. The van der Waals surface area contributed by atoms with E-state index >= 15 is 0 Å². The van der Waals surface area contributed by atoms with Crippen LogP contribution in [0.2, 0.25) is 0 Å². The molecule has 4 aliphatic rings. The van der Waals surface area contributed by atoms with Gasteiger partial charge in [0.25, 0.3) is 0 Å². The van der Waals surface area contributed by atoms with Gasteiger partial charge in [-0.3, -0.25) is 4.79 Å². The Labute approximate surface area is 178 Å². The molecule has 0 amide bonds. The molecule has 0 aliphatic heterocycles. The number of carbonyl (C=O) groups is 1. The first-order valence-corrected chi connectivity index (χ1v) is 12.6. The predicted molar refractivity (Wildman–Crippen MR) is 119 cm³/mol. The lowest BCUT2D eigenvalue weighted by Crippen LogP contribution is -2.49. The van der Waals surface area contributed by atoms with Crippen molar-refractivity contribution in [2.75, 3.05) is 6.61 Å². The summed E-state index contributed by atoms with van der Waals surface area (Å²) in [6.07, 6.45) is 13.3. The van der Waals surface area contributed by atoms with Crippen molar-refractivity contribution < 1.29 is 9.90 Å². The number of ketones is 1. The number of carbonyl (C=O) groups excluding carboxylic acids is 1. The monoisotopic (exact) mass is 400 g/mol. The lowest BCUT2D eigenvalue weighted by molar-refractivity contribution is -0.122. The largest absolute Gasteiger partial charge is 0.396 e. The summed E-state index contributed by atoms with van der Waals surface area (Å²) in [7, 11) is 0. The van der Waals surface area contributed by atoms with Crippen LogP contribution in [0, 0.1) is 52.3 Å². The van der Waals surface area contributed by atoms with Gasteiger partial charge in [0.1, 0.15) is 0 Å². The smallest absolute Gasteiger partial charge is 0.159 e. The van der Waals surface area contributed by atoms with Crippen LogP contribution in [0.5, 0.6) is 0 Å². The molecular weight excluding hydrogens is 356 g/mol. The van der Waals surface area contributed by atoms with E-state index in [0.29, 0.717) is 41.5 Å². The van der Waals surface area contributed by atoms with Gasteiger partial charge in [0.2, 0.25) is 0 Å². The maximum Gasteiger partial charge on any atom is 0.159 e. The van der Waals surface area contributed by atoms with E-state index in [9.17, 15) is 9.90 Å². The number of rotatable bonds is 6. The third-order valence-electron chi connectivity index (χ3n) is 10.2. The van der Waals surface area contributed by atoms with Crippen molar-refractivity contribution in [2.45, 2.75) is 92.4 Å². The SMILES string of the molecule is CC(C)CCCC(C)C1C(=O)C=C2C3CCC4C(CO)CCC4(C)C3CCC21C. The topological polar surface area (TPSA) is 37.3 Å². The molecule has 1 N–H and O–H groups in total. The number of aliphatic hydroxyl groups is 1. The Bertz CT molecular complexity index is 663. The van der Waals surface area contributed by atoms with E-state index in [1.54, 1.807) is 0 Å². The molecule has 29 heavy (non-hydrogen) atoms. The molecule has 0 aromatic rings. The third-order valence-corrected chi connectivity index (χ3v) is 10.2. The van der Waals surface area contributed by atoms with Crippen LogP contribution in [0.25, 0.3) is 0 Å². The normalized spacial score (nSPS) is 45.0. The highest BCUT2D eigenvalue weighted by Crippen LogP contribution is 2.67. The molecule has 3 fully saturated rings. The predicted octanol–water partition coefficient (Wildman–Crippen LogP) is 6.43. The van der Waals surface area contributed by atoms with Gasteiger partial charge in [-0.25, -0.2) is 0 Å². The first-order valence-electron chi connectivity index (χ1n) is 12.6. The highest BCUT2D eigenvalue weighted by atomic mass is 16.3. The van der Waals surface area contributed by atoms with Crippen LogP contribution in [0.15, 0.2) is 11.6 Å². The van der Waals surface area contributed by atoms with Crippen molar-refractivity contribution in [3.63, 3.8) is 0 Å². The fourth-order valence-electron chi connectivity index (χ4n) is 8.70. The summed E-state index contributed by atoms with van der Waals surface area (Å²) in [4.78, 5) is 13.3. The van der Waals surface area contributed by atoms with E-state index in [1.807, 2.05) is 0 Å². The minimum Gasteiger partial charge on any atom is -0.396 e. The summed E-state index contributed by atoms with van der Waals surface area (Å²) in [5.74, 6) is 4.45. The molecule has 8 atom stereocenters. The van der Waals surface area contributed by atoms with E-state index in [0.717, 1.165) is 11.8 Å². The van der Waals surface area contributed by atoms with Crippen LogP contribution >= 0.6 is 0 Å². The van der Waals surface area contributed by atoms with Gasteiger partial charge in [-0.15, -0.1) is 0 Å². The van der Waals surface area contributed by atoms with E-state index in [1.165, 1.54) is 63.4 Å². The molecule has 3 saturated carbocycles. The molecule has 0 aromatic carbocycles. The average molecular weight is 401 g/mol. The molecule has 0 saturated heterocycles. The van der Waals surface area contributed by atoms with Crippen molar-refractivity contribution in [1.29, 1.82) is 0 Å². The molecular formula is C27H44O2.